The van der Waals surface area contributed by atoms with E-state index in [0.29, 0.717) is 28.1 Å². The Morgan fingerprint density at radius 1 is 0.913 bits per heavy atom. The van der Waals surface area contributed by atoms with E-state index in [2.05, 4.69) is 26.6 Å². The third kappa shape index (κ3) is 7.80. The van der Waals surface area contributed by atoms with Crippen LogP contribution in [0.4, 0.5) is 16.2 Å². The van der Waals surface area contributed by atoms with Gasteiger partial charge < -0.3 is 19.5 Å². The summed E-state index contributed by atoms with van der Waals surface area (Å²) in [5.41, 5.74) is 3.07. The van der Waals surface area contributed by atoms with Crippen molar-refractivity contribution in [3.8, 4) is 17.2 Å². The second-order valence-corrected chi connectivity index (χ2v) is 11.0. The molecule has 234 valence electrons. The molecule has 1 saturated heterocycles. The molecule has 4 aromatic rings. The Labute approximate surface area is 274 Å². The Hall–Kier alpha value is -5.42. The van der Waals surface area contributed by atoms with Gasteiger partial charge in [0.2, 0.25) is 0 Å². The van der Waals surface area contributed by atoms with Gasteiger partial charge in [0, 0.05) is 5.69 Å². The predicted octanol–water partition coefficient (Wildman–Crippen LogP) is 6.42. The van der Waals surface area contributed by atoms with Crippen LogP contribution in [0.2, 0.25) is 0 Å². The van der Waals surface area contributed by atoms with Gasteiger partial charge in [-0.1, -0.05) is 42.5 Å². The van der Waals surface area contributed by atoms with Crippen molar-refractivity contribution in [3.63, 3.8) is 0 Å². The largest absolute Gasteiger partial charge is 0.490 e. The Balaban J connectivity index is 1.32. The van der Waals surface area contributed by atoms with Crippen LogP contribution >= 0.6 is 15.9 Å². The van der Waals surface area contributed by atoms with Crippen LogP contribution in [0.5, 0.6) is 17.2 Å². The van der Waals surface area contributed by atoms with Crippen molar-refractivity contribution in [2.75, 3.05) is 23.4 Å². The van der Waals surface area contributed by atoms with Gasteiger partial charge in [0.25, 0.3) is 17.7 Å². The van der Waals surface area contributed by atoms with E-state index in [9.17, 15) is 19.2 Å². The number of urea groups is 1. The third-order valence-electron chi connectivity index (χ3n) is 6.74. The zero-order valence-corrected chi connectivity index (χ0v) is 26.6. The second kappa shape index (κ2) is 14.6. The maximum Gasteiger partial charge on any atom is 0.335 e. The van der Waals surface area contributed by atoms with Crippen LogP contribution in [-0.4, -0.2) is 37.0 Å². The molecule has 0 aliphatic carbocycles. The molecule has 1 heterocycles. The number of imide groups is 2. The minimum Gasteiger partial charge on any atom is -0.490 e. The number of aryl methyl sites for hydroxylation is 1. The van der Waals surface area contributed by atoms with Crippen LogP contribution < -0.4 is 29.7 Å². The van der Waals surface area contributed by atoms with E-state index in [0.717, 1.165) is 16.0 Å². The number of carbonyl (C=O) groups is 4. The number of hydrogen-bond acceptors (Lipinski definition) is 7. The Morgan fingerprint density at radius 3 is 2.39 bits per heavy atom. The molecule has 0 radical (unpaired) electrons. The lowest BCUT2D eigenvalue weighted by molar-refractivity contribution is -0.122. The van der Waals surface area contributed by atoms with E-state index in [1.165, 1.54) is 6.08 Å². The number of nitrogens with one attached hydrogen (secondary N) is 2. The smallest absolute Gasteiger partial charge is 0.335 e. The highest BCUT2D eigenvalue weighted by Crippen LogP contribution is 2.38. The van der Waals surface area contributed by atoms with E-state index in [1.54, 1.807) is 49.4 Å². The minimum absolute atomic E-state index is 0.260. The first-order chi connectivity index (χ1) is 22.2. The zero-order valence-electron chi connectivity index (χ0n) is 25.0. The van der Waals surface area contributed by atoms with E-state index in [4.69, 9.17) is 14.2 Å². The molecule has 11 heteroatoms. The SMILES string of the molecule is CCOc1cc(/C=C2\C(=O)NC(=O)N(c3ccc(OCc4ccccc4)cc3)C2=O)cc(Br)c1OCC(=O)Nc1cccc(C)c1. The lowest BCUT2D eigenvalue weighted by atomic mass is 10.1. The van der Waals surface area contributed by atoms with Gasteiger partial charge in [-0.3, -0.25) is 19.7 Å². The first-order valence-corrected chi connectivity index (χ1v) is 15.1. The van der Waals surface area contributed by atoms with Crippen molar-refractivity contribution in [1.82, 2.24) is 5.32 Å². The maximum atomic E-state index is 13.5. The Kier molecular flexibility index (Phi) is 10.1. The molecule has 0 atom stereocenters. The monoisotopic (exact) mass is 683 g/mol. The van der Waals surface area contributed by atoms with E-state index < -0.39 is 17.8 Å². The van der Waals surface area contributed by atoms with Crippen LogP contribution in [-0.2, 0) is 21.0 Å². The number of rotatable bonds is 11. The summed E-state index contributed by atoms with van der Waals surface area (Å²) in [6.07, 6.45) is 1.36. The second-order valence-electron chi connectivity index (χ2n) is 10.2. The van der Waals surface area contributed by atoms with Crippen molar-refractivity contribution in [3.05, 3.63) is 118 Å². The first kappa shape index (κ1) is 32.0. The molecule has 1 aliphatic rings. The summed E-state index contributed by atoms with van der Waals surface area (Å²) in [6.45, 7) is 4.06. The van der Waals surface area contributed by atoms with Gasteiger partial charge in [-0.2, -0.15) is 0 Å². The zero-order chi connectivity index (χ0) is 32.6. The number of carbonyl (C=O) groups excluding carboxylic acids is 4. The van der Waals surface area contributed by atoms with Gasteiger partial charge in [-0.15, -0.1) is 0 Å². The fourth-order valence-corrected chi connectivity index (χ4v) is 5.20. The topological polar surface area (TPSA) is 123 Å². The summed E-state index contributed by atoms with van der Waals surface area (Å²) in [7, 11) is 0. The number of ether oxygens (including phenoxy) is 3. The molecule has 0 bridgehead atoms. The maximum absolute atomic E-state index is 13.5. The van der Waals surface area contributed by atoms with Gasteiger partial charge in [0.1, 0.15) is 17.9 Å². The molecule has 5 amide bonds. The number of nitrogens with zero attached hydrogens (tertiary/aromatic N) is 1. The summed E-state index contributed by atoms with van der Waals surface area (Å²) < 4.78 is 17.8. The molecule has 46 heavy (non-hydrogen) atoms. The molecule has 0 aromatic heterocycles. The van der Waals surface area contributed by atoms with Crippen molar-refractivity contribution >= 4 is 57.1 Å². The lowest BCUT2D eigenvalue weighted by Crippen LogP contribution is -2.54. The van der Waals surface area contributed by atoms with Crippen LogP contribution in [0, 0.1) is 6.92 Å². The van der Waals surface area contributed by atoms with Gasteiger partial charge in [-0.05, 0) is 101 Å². The number of anilines is 2. The Morgan fingerprint density at radius 2 is 1.67 bits per heavy atom. The molecule has 2 N–H and O–H groups in total. The molecule has 0 saturated carbocycles. The van der Waals surface area contributed by atoms with E-state index in [1.807, 2.05) is 55.5 Å². The van der Waals surface area contributed by atoms with Gasteiger partial charge in [0.05, 0.1) is 16.8 Å². The number of hydrogen-bond donors (Lipinski definition) is 2. The van der Waals surface area contributed by atoms with Crippen LogP contribution in [0.25, 0.3) is 6.08 Å². The van der Waals surface area contributed by atoms with Crippen LogP contribution in [0.15, 0.2) is 101 Å². The summed E-state index contributed by atoms with van der Waals surface area (Å²) in [4.78, 5) is 52.5. The van der Waals surface area contributed by atoms with Gasteiger partial charge in [-0.25, -0.2) is 9.69 Å². The van der Waals surface area contributed by atoms with Crippen LogP contribution in [0.3, 0.4) is 0 Å². The molecule has 10 nitrogen and oxygen atoms in total. The van der Waals surface area contributed by atoms with Crippen molar-refractivity contribution < 1.29 is 33.4 Å². The number of benzene rings is 4. The summed E-state index contributed by atoms with van der Waals surface area (Å²) in [6, 6.07) is 25.8. The molecule has 5 rings (SSSR count). The fourth-order valence-electron chi connectivity index (χ4n) is 4.62. The van der Waals surface area contributed by atoms with Crippen LogP contribution in [0.1, 0.15) is 23.6 Å². The van der Waals surface area contributed by atoms with Crippen molar-refractivity contribution in [2.24, 2.45) is 0 Å². The first-order valence-electron chi connectivity index (χ1n) is 14.4. The van der Waals surface area contributed by atoms with Crippen molar-refractivity contribution in [2.45, 2.75) is 20.5 Å². The summed E-state index contributed by atoms with van der Waals surface area (Å²) in [5, 5.41) is 5.01. The van der Waals surface area contributed by atoms with Gasteiger partial charge in [0.15, 0.2) is 18.1 Å². The molecular weight excluding hydrogens is 654 g/mol. The highest BCUT2D eigenvalue weighted by Gasteiger charge is 2.37. The standard InChI is InChI=1S/C35H30BrN3O7/c1-3-44-30-19-24(18-29(36)32(30)46-21-31(40)37-25-11-7-8-22(2)16-25)17-28-33(41)38-35(43)39(34(28)42)26-12-14-27(15-13-26)45-20-23-9-5-4-6-10-23/h4-19H,3,20-21H2,1-2H3,(H,37,40)(H,38,41,43)/b28-17+. The normalized spacial score (nSPS) is 13.8. The molecule has 1 fully saturated rings. The van der Waals surface area contributed by atoms with Crippen molar-refractivity contribution in [1.29, 1.82) is 0 Å². The summed E-state index contributed by atoms with van der Waals surface area (Å²) in [5.74, 6) is -0.891. The van der Waals surface area contributed by atoms with E-state index >= 15 is 0 Å². The number of halogens is 1. The average Bonchev–Trinajstić information content (AvgIpc) is 3.03. The molecule has 1 aliphatic heterocycles. The predicted molar refractivity (Wildman–Crippen MR) is 177 cm³/mol. The molecule has 0 unspecified atom stereocenters. The number of amides is 5. The van der Waals surface area contributed by atoms with Gasteiger partial charge >= 0.3 is 6.03 Å². The quantitative estimate of drug-likeness (QED) is 0.138. The lowest BCUT2D eigenvalue weighted by Gasteiger charge is -2.26. The fraction of sp³-hybridized carbons (Fsp3) is 0.143. The van der Waals surface area contributed by atoms with E-state index in [-0.39, 0.29) is 41.9 Å². The molecular formula is C35H30BrN3O7. The Bertz CT molecular complexity index is 1810. The minimum atomic E-state index is -0.867. The highest BCUT2D eigenvalue weighted by atomic mass is 79.9. The third-order valence-corrected chi connectivity index (χ3v) is 7.33. The highest BCUT2D eigenvalue weighted by molar-refractivity contribution is 9.10. The summed E-state index contributed by atoms with van der Waals surface area (Å²) >= 11 is 3.45. The number of barbiturate groups is 1. The molecule has 0 spiro atoms. The average molecular weight is 685 g/mol. The molecule has 4 aromatic carbocycles.